The molecule has 0 aliphatic carbocycles. The molecule has 21 heavy (non-hydrogen) atoms. The van der Waals surface area contributed by atoms with Crippen LogP contribution in [-0.2, 0) is 11.3 Å². The van der Waals surface area contributed by atoms with Crippen LogP contribution in [0, 0.1) is 0 Å². The second-order valence-electron chi connectivity index (χ2n) is 4.65. The van der Waals surface area contributed by atoms with Crippen LogP contribution in [0.2, 0.25) is 5.15 Å². The van der Waals surface area contributed by atoms with Gasteiger partial charge in [-0.2, -0.15) is 0 Å². The summed E-state index contributed by atoms with van der Waals surface area (Å²) in [6.07, 6.45) is 0.951. The maximum Gasteiger partial charge on any atom is 0.158 e. The Morgan fingerprint density at radius 3 is 2.62 bits per heavy atom. The molecule has 1 N–H and O–H groups in total. The minimum atomic E-state index is 0.192. The van der Waals surface area contributed by atoms with Crippen molar-refractivity contribution in [3.63, 3.8) is 0 Å². The Bertz CT molecular complexity index is 563. The molecule has 0 amide bonds. The molecule has 0 saturated carbocycles. The number of anilines is 1. The van der Waals surface area contributed by atoms with Crippen molar-refractivity contribution < 1.29 is 4.74 Å². The van der Waals surface area contributed by atoms with Crippen molar-refractivity contribution in [3.05, 3.63) is 52.9 Å². The van der Waals surface area contributed by atoms with Gasteiger partial charge in [-0.3, -0.25) is 0 Å². The molecular weight excluding hydrogens is 286 g/mol. The topological polar surface area (TPSA) is 47.0 Å². The van der Waals surface area contributed by atoms with E-state index in [-0.39, 0.29) is 6.04 Å². The van der Waals surface area contributed by atoms with E-state index in [0.29, 0.717) is 24.2 Å². The zero-order valence-electron chi connectivity index (χ0n) is 12.3. The van der Waals surface area contributed by atoms with Crippen LogP contribution < -0.4 is 5.32 Å². The van der Waals surface area contributed by atoms with Gasteiger partial charge in [-0.15, -0.1) is 0 Å². The number of nitrogens with one attached hydrogen (secondary N) is 1. The highest BCUT2D eigenvalue weighted by Crippen LogP contribution is 2.22. The van der Waals surface area contributed by atoms with Crippen molar-refractivity contribution in [2.45, 2.75) is 32.9 Å². The van der Waals surface area contributed by atoms with E-state index in [1.165, 1.54) is 5.56 Å². The molecule has 1 aromatic carbocycles. The third kappa shape index (κ3) is 4.69. The van der Waals surface area contributed by atoms with Gasteiger partial charge in [0.1, 0.15) is 17.6 Å². The molecular formula is C16H20ClN3O. The first kappa shape index (κ1) is 15.7. The van der Waals surface area contributed by atoms with Crippen molar-refractivity contribution >= 4 is 17.4 Å². The number of ether oxygens (including phenoxy) is 1. The van der Waals surface area contributed by atoms with Crippen molar-refractivity contribution in [3.8, 4) is 0 Å². The summed E-state index contributed by atoms with van der Waals surface area (Å²) in [5.41, 5.74) is 1.22. The van der Waals surface area contributed by atoms with Crippen LogP contribution in [0.4, 0.5) is 5.82 Å². The zero-order chi connectivity index (χ0) is 15.1. The third-order valence-corrected chi connectivity index (χ3v) is 3.30. The predicted molar refractivity (Wildman–Crippen MR) is 85.5 cm³/mol. The number of benzene rings is 1. The molecule has 0 radical (unpaired) electrons. The molecule has 0 fully saturated rings. The second kappa shape index (κ2) is 7.96. The van der Waals surface area contributed by atoms with Gasteiger partial charge >= 0.3 is 0 Å². The Labute approximate surface area is 130 Å². The lowest BCUT2D eigenvalue weighted by Gasteiger charge is -2.18. The highest BCUT2D eigenvalue weighted by atomic mass is 35.5. The van der Waals surface area contributed by atoms with Gasteiger partial charge in [0.2, 0.25) is 0 Å². The van der Waals surface area contributed by atoms with Gasteiger partial charge in [-0.1, -0.05) is 48.9 Å². The summed E-state index contributed by atoms with van der Waals surface area (Å²) in [7, 11) is 0. The first-order chi connectivity index (χ1) is 10.2. The lowest BCUT2D eigenvalue weighted by atomic mass is 10.0. The highest BCUT2D eigenvalue weighted by Gasteiger charge is 2.11. The average molecular weight is 306 g/mol. The van der Waals surface area contributed by atoms with Gasteiger partial charge in [0.15, 0.2) is 5.82 Å². The lowest BCUT2D eigenvalue weighted by Crippen LogP contribution is -2.12. The Morgan fingerprint density at radius 1 is 1.19 bits per heavy atom. The maximum atomic E-state index is 6.05. The van der Waals surface area contributed by atoms with Gasteiger partial charge < -0.3 is 10.1 Å². The molecule has 4 nitrogen and oxygen atoms in total. The zero-order valence-corrected chi connectivity index (χ0v) is 13.1. The Morgan fingerprint density at radius 2 is 1.95 bits per heavy atom. The van der Waals surface area contributed by atoms with E-state index in [9.17, 15) is 0 Å². The number of rotatable bonds is 7. The predicted octanol–water partition coefficient (Wildman–Crippen LogP) is 4.23. The lowest BCUT2D eigenvalue weighted by molar-refractivity contribution is 0.128. The summed E-state index contributed by atoms with van der Waals surface area (Å²) in [6.45, 7) is 5.06. The van der Waals surface area contributed by atoms with Gasteiger partial charge in [0, 0.05) is 12.7 Å². The van der Waals surface area contributed by atoms with Gasteiger partial charge in [-0.05, 0) is 18.9 Å². The van der Waals surface area contributed by atoms with Gasteiger partial charge in [-0.25, -0.2) is 9.97 Å². The second-order valence-corrected chi connectivity index (χ2v) is 5.03. The summed E-state index contributed by atoms with van der Waals surface area (Å²) in [6, 6.07) is 12.2. The molecule has 5 heteroatoms. The molecule has 0 aliphatic heterocycles. The molecule has 1 unspecified atom stereocenters. The largest absolute Gasteiger partial charge is 0.374 e. The molecule has 1 atom stereocenters. The monoisotopic (exact) mass is 305 g/mol. The number of hydrogen-bond acceptors (Lipinski definition) is 4. The van der Waals surface area contributed by atoms with E-state index in [4.69, 9.17) is 16.3 Å². The minimum absolute atomic E-state index is 0.192. The fourth-order valence-corrected chi connectivity index (χ4v) is 2.28. The molecule has 1 aromatic heterocycles. The van der Waals surface area contributed by atoms with Gasteiger partial charge in [0.05, 0.1) is 6.04 Å². The van der Waals surface area contributed by atoms with Crippen LogP contribution in [0.5, 0.6) is 0 Å². The molecule has 1 heterocycles. The smallest absolute Gasteiger partial charge is 0.158 e. The number of nitrogens with zero attached hydrogens (tertiary/aromatic N) is 2. The molecule has 0 aliphatic rings. The SMILES string of the molecule is CCOCc1nc(Cl)cc(NC(CC)c2ccccc2)n1. The van der Waals surface area contributed by atoms with Crippen LogP contribution in [0.3, 0.4) is 0 Å². The van der Waals surface area contributed by atoms with E-state index in [1.807, 2.05) is 25.1 Å². The Kier molecular flexibility index (Phi) is 5.96. The molecule has 0 saturated heterocycles. The van der Waals surface area contributed by atoms with Crippen LogP contribution in [0.15, 0.2) is 36.4 Å². The van der Waals surface area contributed by atoms with E-state index in [2.05, 4.69) is 34.3 Å². The fourth-order valence-electron chi connectivity index (χ4n) is 2.08. The number of hydrogen-bond donors (Lipinski definition) is 1. The first-order valence-corrected chi connectivity index (χ1v) is 7.53. The van der Waals surface area contributed by atoms with Gasteiger partial charge in [0.25, 0.3) is 0 Å². The molecule has 112 valence electrons. The Hall–Kier alpha value is -1.65. The number of aromatic nitrogens is 2. The van der Waals surface area contributed by atoms with Crippen LogP contribution >= 0.6 is 11.6 Å². The minimum Gasteiger partial charge on any atom is -0.374 e. The van der Waals surface area contributed by atoms with E-state index >= 15 is 0 Å². The van der Waals surface area contributed by atoms with Crippen molar-refractivity contribution in [1.82, 2.24) is 9.97 Å². The van der Waals surface area contributed by atoms with Crippen LogP contribution in [0.1, 0.15) is 37.7 Å². The maximum absolute atomic E-state index is 6.05. The summed E-state index contributed by atoms with van der Waals surface area (Å²) in [5.74, 6) is 1.31. The molecule has 0 spiro atoms. The molecule has 0 bridgehead atoms. The summed E-state index contributed by atoms with van der Waals surface area (Å²) < 4.78 is 5.33. The number of halogens is 1. The fraction of sp³-hybridized carbons (Fsp3) is 0.375. The Balaban J connectivity index is 2.15. The standard InChI is InChI=1S/C16H20ClN3O/c1-3-13(12-8-6-5-7-9-12)18-15-10-14(17)19-16(20-15)11-21-4-2/h5-10,13H,3-4,11H2,1-2H3,(H,18,19,20). The van der Waals surface area contributed by atoms with Crippen LogP contribution in [-0.4, -0.2) is 16.6 Å². The van der Waals surface area contributed by atoms with E-state index in [1.54, 1.807) is 6.07 Å². The molecule has 2 aromatic rings. The van der Waals surface area contributed by atoms with Crippen LogP contribution in [0.25, 0.3) is 0 Å². The van der Waals surface area contributed by atoms with Crippen molar-refractivity contribution in [2.75, 3.05) is 11.9 Å². The molecule has 2 rings (SSSR count). The average Bonchev–Trinajstić information content (AvgIpc) is 2.51. The van der Waals surface area contributed by atoms with E-state index in [0.717, 1.165) is 12.2 Å². The normalized spacial score (nSPS) is 12.1. The third-order valence-electron chi connectivity index (χ3n) is 3.11. The van der Waals surface area contributed by atoms with Crippen molar-refractivity contribution in [2.24, 2.45) is 0 Å². The van der Waals surface area contributed by atoms with Crippen molar-refractivity contribution in [1.29, 1.82) is 0 Å². The first-order valence-electron chi connectivity index (χ1n) is 7.15. The summed E-state index contributed by atoms with van der Waals surface area (Å²) in [4.78, 5) is 8.62. The van der Waals surface area contributed by atoms with E-state index < -0.39 is 0 Å². The quantitative estimate of drug-likeness (QED) is 0.778. The summed E-state index contributed by atoms with van der Waals surface area (Å²) >= 11 is 6.05. The summed E-state index contributed by atoms with van der Waals surface area (Å²) in [5, 5.41) is 3.83. The highest BCUT2D eigenvalue weighted by molar-refractivity contribution is 6.29.